The lowest BCUT2D eigenvalue weighted by atomic mass is 9.96. The normalized spacial score (nSPS) is 19.7. The minimum Gasteiger partial charge on any atom is -0.398 e. The van der Waals surface area contributed by atoms with Crippen molar-refractivity contribution in [3.05, 3.63) is 28.2 Å². The molecule has 1 aromatic rings. The Morgan fingerprint density at radius 2 is 2.20 bits per heavy atom. The molecule has 0 spiro atoms. The summed E-state index contributed by atoms with van der Waals surface area (Å²) < 4.78 is 0.897. The summed E-state index contributed by atoms with van der Waals surface area (Å²) >= 11 is 3.41. The molecule has 1 amide bonds. The summed E-state index contributed by atoms with van der Waals surface area (Å²) in [5.41, 5.74) is 7.12. The second-order valence-corrected chi connectivity index (χ2v) is 6.53. The fourth-order valence-electron chi connectivity index (χ4n) is 2.95. The zero-order valence-electron chi connectivity index (χ0n) is 12.1. The van der Waals surface area contributed by atoms with Crippen molar-refractivity contribution in [2.75, 3.05) is 18.8 Å². The van der Waals surface area contributed by atoms with Gasteiger partial charge in [-0.2, -0.15) is 0 Å². The van der Waals surface area contributed by atoms with E-state index in [4.69, 9.17) is 5.73 Å². The van der Waals surface area contributed by atoms with Crippen molar-refractivity contribution in [1.82, 2.24) is 4.90 Å². The van der Waals surface area contributed by atoms with Gasteiger partial charge < -0.3 is 10.6 Å². The second-order valence-electron chi connectivity index (χ2n) is 5.61. The third-order valence-corrected chi connectivity index (χ3v) is 4.57. The van der Waals surface area contributed by atoms with E-state index in [-0.39, 0.29) is 5.91 Å². The third kappa shape index (κ3) is 3.75. The molecule has 0 bridgehead atoms. The number of nitrogens with zero attached hydrogens (tertiary/aromatic N) is 1. The molecule has 1 atom stereocenters. The molecule has 0 radical (unpaired) electrons. The fraction of sp³-hybridized carbons (Fsp3) is 0.562. The number of halogens is 1. The van der Waals surface area contributed by atoms with E-state index >= 15 is 0 Å². The van der Waals surface area contributed by atoms with Crippen molar-refractivity contribution >= 4 is 27.5 Å². The highest BCUT2D eigenvalue weighted by atomic mass is 79.9. The van der Waals surface area contributed by atoms with Crippen LogP contribution in [0.25, 0.3) is 0 Å². The fourth-order valence-corrected chi connectivity index (χ4v) is 3.31. The van der Waals surface area contributed by atoms with E-state index in [1.54, 1.807) is 6.07 Å². The van der Waals surface area contributed by atoms with E-state index in [1.807, 2.05) is 17.0 Å². The van der Waals surface area contributed by atoms with Gasteiger partial charge in [0.05, 0.1) is 5.56 Å². The zero-order chi connectivity index (χ0) is 14.5. The summed E-state index contributed by atoms with van der Waals surface area (Å²) in [5.74, 6) is 0.846. The molecule has 2 rings (SSSR count). The lowest BCUT2D eigenvalue weighted by Gasteiger charge is -2.21. The van der Waals surface area contributed by atoms with Gasteiger partial charge >= 0.3 is 0 Å². The topological polar surface area (TPSA) is 46.3 Å². The first-order valence-electron chi connectivity index (χ1n) is 7.46. The number of carbonyl (C=O) groups is 1. The molecule has 0 saturated carbocycles. The molecular weight excluding hydrogens is 316 g/mol. The molecular formula is C16H23BrN2O. The van der Waals surface area contributed by atoms with Gasteiger partial charge in [0.15, 0.2) is 0 Å². The van der Waals surface area contributed by atoms with Gasteiger partial charge in [0.25, 0.3) is 5.91 Å². The second kappa shape index (κ2) is 7.11. The van der Waals surface area contributed by atoms with Gasteiger partial charge in [0, 0.05) is 23.2 Å². The molecule has 110 valence electrons. The van der Waals surface area contributed by atoms with E-state index < -0.39 is 0 Å². The van der Waals surface area contributed by atoms with E-state index in [0.29, 0.717) is 11.3 Å². The number of rotatable bonds is 3. The first kappa shape index (κ1) is 15.4. The summed E-state index contributed by atoms with van der Waals surface area (Å²) in [6.07, 6.45) is 5.97. The van der Waals surface area contributed by atoms with Crippen LogP contribution in [0.4, 0.5) is 5.69 Å². The quantitative estimate of drug-likeness (QED) is 0.844. The Morgan fingerprint density at radius 1 is 1.40 bits per heavy atom. The highest BCUT2D eigenvalue weighted by molar-refractivity contribution is 9.10. The van der Waals surface area contributed by atoms with Crippen molar-refractivity contribution in [2.45, 2.75) is 39.0 Å². The Bertz CT molecular complexity index is 476. The number of anilines is 1. The molecule has 2 N–H and O–H groups in total. The summed E-state index contributed by atoms with van der Waals surface area (Å²) in [5, 5.41) is 0. The monoisotopic (exact) mass is 338 g/mol. The van der Waals surface area contributed by atoms with E-state index in [1.165, 1.54) is 19.3 Å². The van der Waals surface area contributed by atoms with E-state index in [2.05, 4.69) is 22.9 Å². The minimum atomic E-state index is 0.0703. The molecule has 1 aromatic carbocycles. The number of likely N-dealkylation sites (tertiary alicyclic amines) is 1. The highest BCUT2D eigenvalue weighted by Crippen LogP contribution is 2.25. The first-order valence-corrected chi connectivity index (χ1v) is 8.25. The Morgan fingerprint density at radius 3 is 2.95 bits per heavy atom. The van der Waals surface area contributed by atoms with Crippen LogP contribution in [-0.2, 0) is 0 Å². The molecule has 20 heavy (non-hydrogen) atoms. The Kier molecular flexibility index (Phi) is 5.46. The van der Waals surface area contributed by atoms with E-state index in [9.17, 15) is 4.79 Å². The van der Waals surface area contributed by atoms with Crippen LogP contribution in [-0.4, -0.2) is 23.9 Å². The van der Waals surface area contributed by atoms with Gasteiger partial charge in [0.2, 0.25) is 0 Å². The average molecular weight is 339 g/mol. The lowest BCUT2D eigenvalue weighted by Crippen LogP contribution is -2.32. The summed E-state index contributed by atoms with van der Waals surface area (Å²) in [6.45, 7) is 3.94. The van der Waals surface area contributed by atoms with Crippen molar-refractivity contribution in [2.24, 2.45) is 5.92 Å². The number of amides is 1. The van der Waals surface area contributed by atoms with Crippen LogP contribution in [0.2, 0.25) is 0 Å². The van der Waals surface area contributed by atoms with Crippen LogP contribution in [0.3, 0.4) is 0 Å². The van der Waals surface area contributed by atoms with Gasteiger partial charge in [0.1, 0.15) is 0 Å². The molecule has 1 unspecified atom stereocenters. The van der Waals surface area contributed by atoms with Crippen molar-refractivity contribution < 1.29 is 4.79 Å². The van der Waals surface area contributed by atoms with Crippen LogP contribution in [0.5, 0.6) is 0 Å². The molecule has 4 heteroatoms. The van der Waals surface area contributed by atoms with Crippen LogP contribution in [0, 0.1) is 5.92 Å². The van der Waals surface area contributed by atoms with Crippen molar-refractivity contribution in [1.29, 1.82) is 0 Å². The summed E-state index contributed by atoms with van der Waals surface area (Å²) in [7, 11) is 0. The van der Waals surface area contributed by atoms with Gasteiger partial charge in [-0.15, -0.1) is 0 Å². The van der Waals surface area contributed by atoms with Gasteiger partial charge in [-0.25, -0.2) is 0 Å². The number of nitrogens with two attached hydrogens (primary N) is 1. The number of hydrogen-bond donors (Lipinski definition) is 1. The van der Waals surface area contributed by atoms with Crippen molar-refractivity contribution in [3.63, 3.8) is 0 Å². The van der Waals surface area contributed by atoms with Gasteiger partial charge in [-0.05, 0) is 43.4 Å². The smallest absolute Gasteiger partial charge is 0.255 e. The average Bonchev–Trinajstić information content (AvgIpc) is 2.67. The van der Waals surface area contributed by atoms with Gasteiger partial charge in [-0.1, -0.05) is 35.7 Å². The lowest BCUT2D eigenvalue weighted by molar-refractivity contribution is 0.0761. The van der Waals surface area contributed by atoms with Gasteiger partial charge in [-0.3, -0.25) is 4.79 Å². The highest BCUT2D eigenvalue weighted by Gasteiger charge is 2.22. The standard InChI is InChI=1S/C16H23BrN2O/c1-2-4-12-5-3-9-19(10-8-12)16(20)14-11-13(17)6-7-15(14)18/h6-7,11-12H,2-5,8-10,18H2,1H3. The zero-order valence-corrected chi connectivity index (χ0v) is 13.7. The van der Waals surface area contributed by atoms with Crippen LogP contribution >= 0.6 is 15.9 Å². The largest absolute Gasteiger partial charge is 0.398 e. The van der Waals surface area contributed by atoms with E-state index in [0.717, 1.165) is 36.3 Å². The Balaban J connectivity index is 2.07. The molecule has 0 aliphatic carbocycles. The maximum atomic E-state index is 12.6. The van der Waals surface area contributed by atoms with Crippen LogP contribution < -0.4 is 5.73 Å². The Hall–Kier alpha value is -1.03. The maximum Gasteiger partial charge on any atom is 0.255 e. The molecule has 1 aliphatic rings. The maximum absolute atomic E-state index is 12.6. The number of hydrogen-bond acceptors (Lipinski definition) is 2. The van der Waals surface area contributed by atoms with Crippen LogP contribution in [0.15, 0.2) is 22.7 Å². The first-order chi connectivity index (χ1) is 9.61. The molecule has 0 aromatic heterocycles. The predicted molar refractivity (Wildman–Crippen MR) is 86.7 cm³/mol. The predicted octanol–water partition coefficient (Wildman–Crippen LogP) is 4.07. The molecule has 1 fully saturated rings. The van der Waals surface area contributed by atoms with Crippen LogP contribution in [0.1, 0.15) is 49.4 Å². The summed E-state index contributed by atoms with van der Waals surface area (Å²) in [6, 6.07) is 5.48. The molecule has 1 heterocycles. The molecule has 1 saturated heterocycles. The molecule has 3 nitrogen and oxygen atoms in total. The number of carbonyl (C=O) groups excluding carboxylic acids is 1. The third-order valence-electron chi connectivity index (χ3n) is 4.08. The SMILES string of the molecule is CCCC1CCCN(C(=O)c2cc(Br)ccc2N)CC1. The number of benzene rings is 1. The van der Waals surface area contributed by atoms with Crippen molar-refractivity contribution in [3.8, 4) is 0 Å². The summed E-state index contributed by atoms with van der Waals surface area (Å²) in [4.78, 5) is 14.6. The Labute approximate surface area is 129 Å². The minimum absolute atomic E-state index is 0.0703. The number of nitrogen functional groups attached to an aromatic ring is 1. The molecule has 1 aliphatic heterocycles.